The maximum atomic E-state index is 10.5. The molecule has 0 aromatic carbocycles. The molecule has 70 valence electrons. The Bertz CT molecular complexity index is 168. The minimum absolute atomic E-state index is 0.211. The minimum Gasteiger partial charge on any atom is -0.480 e. The first-order valence-electron chi connectivity index (χ1n) is 4.57. The molecule has 0 aromatic rings. The number of nitrogens with zero attached hydrogens (tertiary/aromatic N) is 1. The van der Waals surface area contributed by atoms with Gasteiger partial charge in [-0.2, -0.15) is 0 Å². The highest BCUT2D eigenvalue weighted by Crippen LogP contribution is 2.22. The van der Waals surface area contributed by atoms with Crippen LogP contribution in [0.2, 0.25) is 0 Å². The molecule has 1 aliphatic rings. The number of likely N-dealkylation sites (tertiary alicyclic amines) is 1. The predicted octanol–water partition coefficient (Wildman–Crippen LogP) is 1.19. The summed E-state index contributed by atoms with van der Waals surface area (Å²) in [6.45, 7) is 5.48. The van der Waals surface area contributed by atoms with E-state index in [0.29, 0.717) is 12.0 Å². The number of carboxylic acid groups (broad SMARTS) is 1. The smallest absolute Gasteiger partial charge is 0.317 e. The van der Waals surface area contributed by atoms with Gasteiger partial charge < -0.3 is 5.11 Å². The zero-order valence-electron chi connectivity index (χ0n) is 7.79. The molecule has 0 saturated carbocycles. The van der Waals surface area contributed by atoms with E-state index in [-0.39, 0.29) is 6.54 Å². The van der Waals surface area contributed by atoms with Gasteiger partial charge in [0.1, 0.15) is 0 Å². The standard InChI is InChI=1S/C9H17NO2/c1-7(2)8-4-3-5-10(8)6-9(11)12/h7-8H,3-6H2,1-2H3,(H,11,12)/t8-/m0/s1. The third kappa shape index (κ3) is 2.21. The molecular formula is C9H17NO2. The van der Waals surface area contributed by atoms with Crippen LogP contribution >= 0.6 is 0 Å². The van der Waals surface area contributed by atoms with Gasteiger partial charge in [-0.3, -0.25) is 9.69 Å². The maximum absolute atomic E-state index is 10.5. The molecule has 0 bridgehead atoms. The molecule has 1 atom stereocenters. The van der Waals surface area contributed by atoms with Crippen molar-refractivity contribution < 1.29 is 9.90 Å². The minimum atomic E-state index is -0.706. The van der Waals surface area contributed by atoms with Crippen molar-refractivity contribution in [2.45, 2.75) is 32.7 Å². The van der Waals surface area contributed by atoms with E-state index in [9.17, 15) is 4.79 Å². The van der Waals surface area contributed by atoms with Crippen LogP contribution in [0.3, 0.4) is 0 Å². The first-order valence-corrected chi connectivity index (χ1v) is 4.57. The normalized spacial score (nSPS) is 25.1. The van der Waals surface area contributed by atoms with Crippen molar-refractivity contribution in [2.75, 3.05) is 13.1 Å². The van der Waals surface area contributed by atoms with E-state index in [4.69, 9.17) is 5.11 Å². The third-order valence-electron chi connectivity index (χ3n) is 2.52. The average molecular weight is 171 g/mol. The topological polar surface area (TPSA) is 40.5 Å². The van der Waals surface area contributed by atoms with Crippen LogP contribution in [0.5, 0.6) is 0 Å². The van der Waals surface area contributed by atoms with Crippen molar-refractivity contribution in [1.29, 1.82) is 0 Å². The summed E-state index contributed by atoms with van der Waals surface area (Å²) in [6, 6.07) is 0.487. The summed E-state index contributed by atoms with van der Waals surface area (Å²) in [4.78, 5) is 12.6. The van der Waals surface area contributed by atoms with E-state index in [1.54, 1.807) is 0 Å². The Balaban J connectivity index is 2.46. The molecule has 1 N–H and O–H groups in total. The first-order chi connectivity index (χ1) is 5.61. The largest absolute Gasteiger partial charge is 0.480 e. The second-order valence-electron chi connectivity index (χ2n) is 3.82. The Labute approximate surface area is 73.4 Å². The molecule has 1 saturated heterocycles. The fraction of sp³-hybridized carbons (Fsp3) is 0.889. The molecule has 0 aromatic heterocycles. The summed E-state index contributed by atoms with van der Waals surface area (Å²) in [5, 5.41) is 8.63. The van der Waals surface area contributed by atoms with E-state index < -0.39 is 5.97 Å². The molecule has 0 spiro atoms. The molecule has 1 aliphatic heterocycles. The van der Waals surface area contributed by atoms with Gasteiger partial charge in [0.15, 0.2) is 0 Å². The Morgan fingerprint density at radius 2 is 2.33 bits per heavy atom. The van der Waals surface area contributed by atoms with Crippen molar-refractivity contribution in [3.05, 3.63) is 0 Å². The number of carbonyl (C=O) groups is 1. The lowest BCUT2D eigenvalue weighted by Gasteiger charge is -2.25. The second kappa shape index (κ2) is 3.90. The summed E-state index contributed by atoms with van der Waals surface area (Å²) in [7, 11) is 0. The quantitative estimate of drug-likeness (QED) is 0.693. The van der Waals surface area contributed by atoms with E-state index in [0.717, 1.165) is 19.4 Å². The van der Waals surface area contributed by atoms with Gasteiger partial charge in [0.25, 0.3) is 0 Å². The molecule has 0 aliphatic carbocycles. The van der Waals surface area contributed by atoms with Crippen LogP contribution in [-0.4, -0.2) is 35.1 Å². The van der Waals surface area contributed by atoms with Gasteiger partial charge in [-0.25, -0.2) is 0 Å². The summed E-state index contributed by atoms with van der Waals surface area (Å²) >= 11 is 0. The van der Waals surface area contributed by atoms with Crippen molar-refractivity contribution in [3.8, 4) is 0 Å². The fourth-order valence-electron chi connectivity index (χ4n) is 1.98. The molecule has 1 rings (SSSR count). The third-order valence-corrected chi connectivity index (χ3v) is 2.52. The predicted molar refractivity (Wildman–Crippen MR) is 47.1 cm³/mol. The molecule has 0 amide bonds. The lowest BCUT2D eigenvalue weighted by molar-refractivity contribution is -0.138. The van der Waals surface area contributed by atoms with Crippen LogP contribution in [-0.2, 0) is 4.79 Å². The van der Waals surface area contributed by atoms with Gasteiger partial charge in [0.2, 0.25) is 0 Å². The Hall–Kier alpha value is -0.570. The molecule has 12 heavy (non-hydrogen) atoms. The van der Waals surface area contributed by atoms with Gasteiger partial charge in [0, 0.05) is 6.04 Å². The van der Waals surface area contributed by atoms with Crippen LogP contribution in [0.25, 0.3) is 0 Å². The van der Waals surface area contributed by atoms with Crippen molar-refractivity contribution >= 4 is 5.97 Å². The van der Waals surface area contributed by atoms with Crippen LogP contribution < -0.4 is 0 Å². The molecule has 0 unspecified atom stereocenters. The summed E-state index contributed by atoms with van der Waals surface area (Å²) in [5.41, 5.74) is 0. The Kier molecular flexibility index (Phi) is 3.09. The van der Waals surface area contributed by atoms with Gasteiger partial charge in [-0.1, -0.05) is 13.8 Å². The van der Waals surface area contributed by atoms with Crippen molar-refractivity contribution in [1.82, 2.24) is 4.90 Å². The van der Waals surface area contributed by atoms with E-state index in [2.05, 4.69) is 18.7 Å². The van der Waals surface area contributed by atoms with Crippen LogP contribution in [0, 0.1) is 5.92 Å². The highest BCUT2D eigenvalue weighted by Gasteiger charge is 2.27. The molecule has 1 fully saturated rings. The number of aliphatic carboxylic acids is 1. The van der Waals surface area contributed by atoms with Crippen molar-refractivity contribution in [3.63, 3.8) is 0 Å². The highest BCUT2D eigenvalue weighted by atomic mass is 16.4. The molecule has 1 heterocycles. The number of rotatable bonds is 3. The molecule has 3 heteroatoms. The van der Waals surface area contributed by atoms with E-state index in [1.807, 2.05) is 0 Å². The average Bonchev–Trinajstić information content (AvgIpc) is 2.33. The van der Waals surface area contributed by atoms with E-state index >= 15 is 0 Å². The molecule has 0 radical (unpaired) electrons. The lowest BCUT2D eigenvalue weighted by atomic mass is 10.0. The fourth-order valence-corrected chi connectivity index (χ4v) is 1.98. The summed E-state index contributed by atoms with van der Waals surface area (Å²) in [5.74, 6) is -0.130. The maximum Gasteiger partial charge on any atom is 0.317 e. The zero-order valence-corrected chi connectivity index (χ0v) is 7.79. The van der Waals surface area contributed by atoms with Crippen LogP contribution in [0.15, 0.2) is 0 Å². The number of carboxylic acids is 1. The van der Waals surface area contributed by atoms with Gasteiger partial charge in [-0.05, 0) is 25.3 Å². The van der Waals surface area contributed by atoms with Gasteiger partial charge in [-0.15, -0.1) is 0 Å². The summed E-state index contributed by atoms with van der Waals surface area (Å²) in [6.07, 6.45) is 2.31. The van der Waals surface area contributed by atoms with Gasteiger partial charge in [0.05, 0.1) is 6.54 Å². The zero-order chi connectivity index (χ0) is 9.14. The van der Waals surface area contributed by atoms with Gasteiger partial charge >= 0.3 is 5.97 Å². The molecular weight excluding hydrogens is 154 g/mol. The van der Waals surface area contributed by atoms with E-state index in [1.165, 1.54) is 0 Å². The highest BCUT2D eigenvalue weighted by molar-refractivity contribution is 5.69. The number of hydrogen-bond donors (Lipinski definition) is 1. The molecule has 3 nitrogen and oxygen atoms in total. The van der Waals surface area contributed by atoms with Crippen LogP contribution in [0.1, 0.15) is 26.7 Å². The van der Waals surface area contributed by atoms with Crippen LogP contribution in [0.4, 0.5) is 0 Å². The SMILES string of the molecule is CC(C)[C@@H]1CCCN1CC(=O)O. The monoisotopic (exact) mass is 171 g/mol. The first kappa shape index (κ1) is 9.52. The Morgan fingerprint density at radius 1 is 1.67 bits per heavy atom. The number of hydrogen-bond acceptors (Lipinski definition) is 2. The van der Waals surface area contributed by atoms with Crippen molar-refractivity contribution in [2.24, 2.45) is 5.92 Å². The lowest BCUT2D eigenvalue weighted by Crippen LogP contribution is -2.37. The Morgan fingerprint density at radius 3 is 2.83 bits per heavy atom. The summed E-state index contributed by atoms with van der Waals surface area (Å²) < 4.78 is 0. The second-order valence-corrected chi connectivity index (χ2v) is 3.82.